The van der Waals surface area contributed by atoms with E-state index in [0.717, 1.165) is 18.6 Å². The average molecular weight is 262 g/mol. The molecule has 0 aliphatic rings. The second-order valence-corrected chi connectivity index (χ2v) is 5.70. The highest BCUT2D eigenvalue weighted by Gasteiger charge is 2.10. The first-order valence-corrected chi connectivity index (χ1v) is 7.74. The molecule has 0 aliphatic carbocycles. The quantitative estimate of drug-likeness (QED) is 0.327. The van der Waals surface area contributed by atoms with Gasteiger partial charge in [0.15, 0.2) is 0 Å². The third kappa shape index (κ3) is 8.25. The smallest absolute Gasteiger partial charge is 0.0401 e. The van der Waals surface area contributed by atoms with E-state index in [9.17, 15) is 0 Å². The summed E-state index contributed by atoms with van der Waals surface area (Å²) in [6, 6.07) is 0. The molecular formula is C17H26S. The normalized spacial score (nSPS) is 15.0. The highest BCUT2D eigenvalue weighted by molar-refractivity contribution is 8.00. The summed E-state index contributed by atoms with van der Waals surface area (Å²) in [6.45, 7) is 12.2. The largest absolute Gasteiger partial charge is 0.155 e. The molecule has 0 rings (SSSR count). The molecular weight excluding hydrogens is 236 g/mol. The van der Waals surface area contributed by atoms with Crippen molar-refractivity contribution in [2.45, 2.75) is 45.8 Å². The van der Waals surface area contributed by atoms with Gasteiger partial charge in [-0.3, -0.25) is 0 Å². The van der Waals surface area contributed by atoms with Crippen LogP contribution in [0.15, 0.2) is 36.5 Å². The van der Waals surface area contributed by atoms with Crippen LogP contribution in [0, 0.1) is 17.8 Å². The van der Waals surface area contributed by atoms with Gasteiger partial charge >= 0.3 is 0 Å². The molecule has 0 radical (unpaired) electrons. The summed E-state index contributed by atoms with van der Waals surface area (Å²) in [7, 11) is 0. The Morgan fingerprint density at radius 3 is 2.61 bits per heavy atom. The molecule has 0 N–H and O–H groups in total. The van der Waals surface area contributed by atoms with Crippen molar-refractivity contribution in [1.82, 2.24) is 0 Å². The van der Waals surface area contributed by atoms with Gasteiger partial charge in [-0.05, 0) is 32.4 Å². The Kier molecular flexibility index (Phi) is 10.7. The number of allylic oxidation sites excluding steroid dienone is 4. The molecule has 100 valence electrons. The fourth-order valence-electron chi connectivity index (χ4n) is 1.69. The van der Waals surface area contributed by atoms with Crippen LogP contribution >= 0.6 is 11.8 Å². The molecule has 0 fully saturated rings. The molecule has 0 heterocycles. The molecule has 0 spiro atoms. The van der Waals surface area contributed by atoms with Crippen molar-refractivity contribution >= 4 is 11.8 Å². The second-order valence-electron chi connectivity index (χ2n) is 4.18. The first kappa shape index (κ1) is 17.1. The molecule has 1 heteroatoms. The minimum atomic E-state index is 0.332. The van der Waals surface area contributed by atoms with E-state index in [4.69, 9.17) is 0 Å². The van der Waals surface area contributed by atoms with Crippen LogP contribution in [0.5, 0.6) is 0 Å². The van der Waals surface area contributed by atoms with Crippen LogP contribution in [0.2, 0.25) is 0 Å². The van der Waals surface area contributed by atoms with Crippen LogP contribution < -0.4 is 0 Å². The molecule has 18 heavy (non-hydrogen) atoms. The van der Waals surface area contributed by atoms with Gasteiger partial charge in [-0.15, -0.1) is 5.92 Å². The maximum absolute atomic E-state index is 3.80. The first-order chi connectivity index (χ1) is 8.67. The summed E-state index contributed by atoms with van der Waals surface area (Å²) in [5, 5.41) is 0.565. The van der Waals surface area contributed by atoms with Crippen molar-refractivity contribution in [2.24, 2.45) is 5.92 Å². The van der Waals surface area contributed by atoms with E-state index in [2.05, 4.69) is 57.4 Å². The van der Waals surface area contributed by atoms with Gasteiger partial charge in [0.25, 0.3) is 0 Å². The van der Waals surface area contributed by atoms with Crippen molar-refractivity contribution in [1.29, 1.82) is 0 Å². The molecule has 0 saturated heterocycles. The van der Waals surface area contributed by atoms with Gasteiger partial charge in [0, 0.05) is 11.2 Å². The van der Waals surface area contributed by atoms with E-state index in [0.29, 0.717) is 11.2 Å². The highest BCUT2D eigenvalue weighted by atomic mass is 32.2. The molecule has 0 aliphatic heterocycles. The first-order valence-electron chi connectivity index (χ1n) is 6.69. The summed E-state index contributed by atoms with van der Waals surface area (Å²) in [5.41, 5.74) is 1.21. The van der Waals surface area contributed by atoms with Gasteiger partial charge in [-0.2, -0.15) is 11.8 Å². The third-order valence-electron chi connectivity index (χ3n) is 2.57. The predicted octanol–water partition coefficient (Wildman–Crippen LogP) is 5.24. The van der Waals surface area contributed by atoms with E-state index in [1.54, 1.807) is 0 Å². The van der Waals surface area contributed by atoms with Crippen LogP contribution in [0.25, 0.3) is 0 Å². The second kappa shape index (κ2) is 11.2. The minimum Gasteiger partial charge on any atom is -0.155 e. The lowest BCUT2D eigenvalue weighted by molar-refractivity contribution is 0.749. The van der Waals surface area contributed by atoms with Crippen LogP contribution in [0.4, 0.5) is 0 Å². The zero-order valence-corrected chi connectivity index (χ0v) is 13.0. The molecule has 0 saturated carbocycles. The Morgan fingerprint density at radius 2 is 2.11 bits per heavy atom. The Labute approximate surface area is 118 Å². The minimum absolute atomic E-state index is 0.332. The monoisotopic (exact) mass is 262 g/mol. The lowest BCUT2D eigenvalue weighted by atomic mass is 10.00. The molecule has 0 nitrogen and oxygen atoms in total. The SMILES string of the molecule is C=C/C(C)=C\C(C#CC)CC(/C=C\CC)SCC. The zero-order chi connectivity index (χ0) is 13.8. The van der Waals surface area contributed by atoms with Crippen molar-refractivity contribution in [3.8, 4) is 11.8 Å². The van der Waals surface area contributed by atoms with Crippen LogP contribution in [0.3, 0.4) is 0 Å². The molecule has 0 aromatic rings. The van der Waals surface area contributed by atoms with E-state index in [1.807, 2.05) is 24.8 Å². The van der Waals surface area contributed by atoms with Crippen molar-refractivity contribution in [3.63, 3.8) is 0 Å². The summed E-state index contributed by atoms with van der Waals surface area (Å²) in [5.74, 6) is 7.81. The number of hydrogen-bond donors (Lipinski definition) is 0. The Morgan fingerprint density at radius 1 is 1.39 bits per heavy atom. The van der Waals surface area contributed by atoms with Gasteiger partial charge in [-0.25, -0.2) is 0 Å². The van der Waals surface area contributed by atoms with Crippen molar-refractivity contribution < 1.29 is 0 Å². The Balaban J connectivity index is 4.73. The van der Waals surface area contributed by atoms with Gasteiger partial charge in [0.05, 0.1) is 0 Å². The standard InChI is InChI=1S/C17H26S/c1-6-10-12-17(18-9-4)14-16(11-7-2)13-15(5)8-3/h8,10,12-13,16-17H,3,6,9,14H2,1-2,4-5H3/b12-10-,15-13-. The van der Waals surface area contributed by atoms with Crippen LogP contribution in [-0.4, -0.2) is 11.0 Å². The summed E-state index contributed by atoms with van der Waals surface area (Å²) in [4.78, 5) is 0. The average Bonchev–Trinajstić information content (AvgIpc) is 2.36. The maximum Gasteiger partial charge on any atom is 0.0401 e. The van der Waals surface area contributed by atoms with E-state index < -0.39 is 0 Å². The third-order valence-corrected chi connectivity index (χ3v) is 3.68. The molecule has 2 unspecified atom stereocenters. The number of hydrogen-bond acceptors (Lipinski definition) is 1. The molecule has 0 aromatic carbocycles. The number of thioether (sulfide) groups is 1. The van der Waals surface area contributed by atoms with Crippen LogP contribution in [0.1, 0.15) is 40.5 Å². The molecule has 0 aromatic heterocycles. The van der Waals surface area contributed by atoms with Crippen LogP contribution in [-0.2, 0) is 0 Å². The highest BCUT2D eigenvalue weighted by Crippen LogP contribution is 2.22. The van der Waals surface area contributed by atoms with Crippen molar-refractivity contribution in [3.05, 3.63) is 36.5 Å². The van der Waals surface area contributed by atoms with Gasteiger partial charge in [-0.1, -0.05) is 56.2 Å². The molecule has 0 amide bonds. The summed E-state index contributed by atoms with van der Waals surface area (Å²) >= 11 is 2.00. The fraction of sp³-hybridized carbons (Fsp3) is 0.529. The topological polar surface area (TPSA) is 0 Å². The lowest BCUT2D eigenvalue weighted by Crippen LogP contribution is -2.06. The predicted molar refractivity (Wildman–Crippen MR) is 86.9 cm³/mol. The summed E-state index contributed by atoms with van der Waals surface area (Å²) in [6.07, 6.45) is 10.9. The van der Waals surface area contributed by atoms with E-state index >= 15 is 0 Å². The fourth-order valence-corrected chi connectivity index (χ4v) is 2.69. The maximum atomic E-state index is 3.80. The van der Waals surface area contributed by atoms with E-state index in [-0.39, 0.29) is 0 Å². The Hall–Kier alpha value is -0.870. The van der Waals surface area contributed by atoms with Gasteiger partial charge in [0.1, 0.15) is 0 Å². The molecule has 0 bridgehead atoms. The van der Waals surface area contributed by atoms with Gasteiger partial charge in [0.2, 0.25) is 0 Å². The lowest BCUT2D eigenvalue weighted by Gasteiger charge is -2.15. The Bertz CT molecular complexity index is 338. The zero-order valence-electron chi connectivity index (χ0n) is 12.2. The van der Waals surface area contributed by atoms with Crippen molar-refractivity contribution in [2.75, 3.05) is 5.75 Å². The van der Waals surface area contributed by atoms with Gasteiger partial charge < -0.3 is 0 Å². The van der Waals surface area contributed by atoms with E-state index in [1.165, 1.54) is 5.57 Å². The molecule has 2 atom stereocenters. The number of rotatable bonds is 8. The summed E-state index contributed by atoms with van der Waals surface area (Å²) < 4.78 is 0.